The van der Waals surface area contributed by atoms with Crippen LogP contribution in [0.4, 0.5) is 0 Å². The van der Waals surface area contributed by atoms with Crippen molar-refractivity contribution in [2.24, 2.45) is 62.6 Å². The summed E-state index contributed by atoms with van der Waals surface area (Å²) in [4.78, 5) is 26.5. The van der Waals surface area contributed by atoms with E-state index in [0.717, 1.165) is 69.8 Å². The van der Waals surface area contributed by atoms with Gasteiger partial charge in [0.15, 0.2) is 0 Å². The van der Waals surface area contributed by atoms with Crippen LogP contribution in [0, 0.1) is 62.6 Å². The molecular formula is C36H59NO5. The minimum Gasteiger partial charge on any atom is -0.480 e. The molecule has 0 radical (unpaired) electrons. The molecular weight excluding hydrogens is 526 g/mol. The number of carbonyl (C=O) groups excluding carboxylic acids is 1. The summed E-state index contributed by atoms with van der Waals surface area (Å²) in [6.45, 7) is 20.4. The van der Waals surface area contributed by atoms with E-state index >= 15 is 0 Å². The molecule has 0 heterocycles. The van der Waals surface area contributed by atoms with E-state index in [1.807, 2.05) is 13.8 Å². The van der Waals surface area contributed by atoms with Crippen LogP contribution in [0.2, 0.25) is 0 Å². The van der Waals surface area contributed by atoms with Crippen molar-refractivity contribution in [3.05, 3.63) is 12.2 Å². The van der Waals surface area contributed by atoms with Crippen LogP contribution in [0.1, 0.15) is 119 Å². The van der Waals surface area contributed by atoms with E-state index in [0.29, 0.717) is 24.2 Å². The first kappa shape index (κ1) is 32.0. The Bertz CT molecular complexity index is 1100. The number of aliphatic carboxylic acids is 1. The fourth-order valence-corrected chi connectivity index (χ4v) is 12.5. The van der Waals surface area contributed by atoms with Crippen molar-refractivity contribution < 1.29 is 24.9 Å². The average molecular weight is 586 g/mol. The zero-order valence-electron chi connectivity index (χ0n) is 27.5. The second-order valence-electron chi connectivity index (χ2n) is 17.2. The Morgan fingerprint density at radius 3 is 2.19 bits per heavy atom. The smallest absolute Gasteiger partial charge is 0.326 e. The van der Waals surface area contributed by atoms with Crippen LogP contribution in [0.5, 0.6) is 0 Å². The van der Waals surface area contributed by atoms with Crippen molar-refractivity contribution in [3.63, 3.8) is 0 Å². The number of hydrogen-bond acceptors (Lipinski definition) is 4. The molecule has 6 nitrogen and oxygen atoms in total. The summed E-state index contributed by atoms with van der Waals surface area (Å²) >= 11 is 0. The first-order valence-corrected chi connectivity index (χ1v) is 17.0. The van der Waals surface area contributed by atoms with Gasteiger partial charge in [-0.15, -0.1) is 0 Å². The number of rotatable bonds is 7. The molecule has 0 bridgehead atoms. The number of aliphatic hydroxyl groups excluding tert-OH is 2. The maximum Gasteiger partial charge on any atom is 0.326 e. The van der Waals surface area contributed by atoms with Crippen LogP contribution in [-0.2, 0) is 9.59 Å². The molecule has 5 fully saturated rings. The lowest BCUT2D eigenvalue weighted by Gasteiger charge is -2.72. The fourth-order valence-electron chi connectivity index (χ4n) is 12.5. The van der Waals surface area contributed by atoms with Gasteiger partial charge in [-0.2, -0.15) is 0 Å². The number of hydrogen-bond donors (Lipinski definition) is 4. The lowest BCUT2D eigenvalue weighted by Crippen LogP contribution is -2.67. The Morgan fingerprint density at radius 1 is 0.881 bits per heavy atom. The van der Waals surface area contributed by atoms with Gasteiger partial charge in [0.25, 0.3) is 0 Å². The van der Waals surface area contributed by atoms with E-state index < -0.39 is 17.4 Å². The van der Waals surface area contributed by atoms with Crippen LogP contribution >= 0.6 is 0 Å². The predicted octanol–water partition coefficient (Wildman–Crippen LogP) is 6.59. The first-order chi connectivity index (χ1) is 19.5. The molecule has 0 aromatic carbocycles. The molecule has 42 heavy (non-hydrogen) atoms. The summed E-state index contributed by atoms with van der Waals surface area (Å²) in [6, 6.07) is -0.880. The second-order valence-corrected chi connectivity index (χ2v) is 17.2. The van der Waals surface area contributed by atoms with Gasteiger partial charge in [-0.05, 0) is 133 Å². The molecule has 238 valence electrons. The Labute approximate surface area is 254 Å². The molecule has 6 heteroatoms. The number of amides is 1. The lowest BCUT2D eigenvalue weighted by atomic mass is 9.32. The van der Waals surface area contributed by atoms with Crippen LogP contribution < -0.4 is 5.32 Å². The maximum atomic E-state index is 14.3. The highest BCUT2D eigenvalue weighted by molar-refractivity contribution is 5.88. The number of carbonyl (C=O) groups is 2. The average Bonchev–Trinajstić information content (AvgIpc) is 3.31. The van der Waals surface area contributed by atoms with Crippen LogP contribution in [-0.4, -0.2) is 45.9 Å². The van der Waals surface area contributed by atoms with Crippen molar-refractivity contribution in [1.82, 2.24) is 5.32 Å². The molecule has 5 aliphatic rings. The van der Waals surface area contributed by atoms with E-state index in [-0.39, 0.29) is 58.0 Å². The zero-order valence-corrected chi connectivity index (χ0v) is 27.5. The molecule has 0 aromatic rings. The van der Waals surface area contributed by atoms with Gasteiger partial charge in [0.2, 0.25) is 5.91 Å². The maximum absolute atomic E-state index is 14.3. The SMILES string of the molecule is C=C(CO)[C@@H]1CC[C@]2(C(=O)N[C@@H](CC(C)C)C(=O)O)CC[C@]3(C)[C@H](CC[C@@H]4[C@@]5(C)CC[C@H](O)C(C)(C)[C@@H]5CC[C@]43C)[C@@H]12. The Morgan fingerprint density at radius 2 is 1.57 bits per heavy atom. The first-order valence-electron chi connectivity index (χ1n) is 17.0. The van der Waals surface area contributed by atoms with Gasteiger partial charge < -0.3 is 20.6 Å². The summed E-state index contributed by atoms with van der Waals surface area (Å²) in [5.41, 5.74) is 0.488. The van der Waals surface area contributed by atoms with E-state index in [9.17, 15) is 24.9 Å². The summed E-state index contributed by atoms with van der Waals surface area (Å²) in [7, 11) is 0. The molecule has 0 spiro atoms. The zero-order chi connectivity index (χ0) is 31.0. The molecule has 11 atom stereocenters. The van der Waals surface area contributed by atoms with Gasteiger partial charge in [0.1, 0.15) is 6.04 Å². The molecule has 0 aromatic heterocycles. The van der Waals surface area contributed by atoms with E-state index in [2.05, 4.69) is 46.5 Å². The highest BCUT2D eigenvalue weighted by Crippen LogP contribution is 2.77. The van der Waals surface area contributed by atoms with Crippen molar-refractivity contribution in [2.45, 2.75) is 131 Å². The van der Waals surface area contributed by atoms with Gasteiger partial charge in [0.05, 0.1) is 18.1 Å². The van der Waals surface area contributed by atoms with Crippen LogP contribution in [0.25, 0.3) is 0 Å². The third-order valence-electron chi connectivity index (χ3n) is 14.9. The summed E-state index contributed by atoms with van der Waals surface area (Å²) < 4.78 is 0. The number of carboxylic acids is 1. The fraction of sp³-hybridized carbons (Fsp3) is 0.889. The summed E-state index contributed by atoms with van der Waals surface area (Å²) in [6.07, 6.45) is 9.91. The monoisotopic (exact) mass is 585 g/mol. The number of fused-ring (bicyclic) bond motifs is 7. The van der Waals surface area contributed by atoms with Crippen LogP contribution in [0.3, 0.4) is 0 Å². The van der Waals surface area contributed by atoms with Gasteiger partial charge in [-0.3, -0.25) is 4.79 Å². The van der Waals surface area contributed by atoms with E-state index in [1.54, 1.807) is 0 Å². The highest BCUT2D eigenvalue weighted by atomic mass is 16.4. The minimum absolute atomic E-state index is 0.0427. The van der Waals surface area contributed by atoms with Gasteiger partial charge in [0, 0.05) is 0 Å². The molecule has 5 aliphatic carbocycles. The normalized spacial score (nSPS) is 46.5. The Kier molecular flexibility index (Phi) is 8.08. The molecule has 1 amide bonds. The largest absolute Gasteiger partial charge is 0.480 e. The molecule has 0 unspecified atom stereocenters. The number of nitrogens with one attached hydrogen (secondary N) is 1. The van der Waals surface area contributed by atoms with Gasteiger partial charge in [-0.1, -0.05) is 55.0 Å². The standard InChI is InChI=1S/C36H59NO5/c1-21(2)19-25(30(40)41)37-31(42)36-16-11-23(22(3)20-38)29(36)24-9-10-27-33(6)14-13-28(39)32(4,5)26(33)12-15-35(27,8)34(24,7)17-18-36/h21,23-29,38-39H,3,9-20H2,1-2,4-8H3,(H,37,42)(H,40,41)/t23-,24+,25-,26-,27+,28-,29+,33-,34+,35+,36-/m0/s1. The summed E-state index contributed by atoms with van der Waals surface area (Å²) in [5, 5.41) is 34.3. The van der Waals surface area contributed by atoms with Gasteiger partial charge in [-0.25, -0.2) is 4.79 Å². The van der Waals surface area contributed by atoms with Crippen molar-refractivity contribution >= 4 is 11.9 Å². The van der Waals surface area contributed by atoms with Crippen molar-refractivity contribution in [3.8, 4) is 0 Å². The quantitative estimate of drug-likeness (QED) is 0.252. The topological polar surface area (TPSA) is 107 Å². The molecule has 5 saturated carbocycles. The highest BCUT2D eigenvalue weighted by Gasteiger charge is 2.72. The molecule has 5 rings (SSSR count). The van der Waals surface area contributed by atoms with Gasteiger partial charge >= 0.3 is 5.97 Å². The Balaban J connectivity index is 1.52. The third-order valence-corrected chi connectivity index (χ3v) is 14.9. The predicted molar refractivity (Wildman–Crippen MR) is 165 cm³/mol. The minimum atomic E-state index is -0.960. The second kappa shape index (κ2) is 10.6. The third kappa shape index (κ3) is 4.38. The number of aliphatic hydroxyl groups is 2. The van der Waals surface area contributed by atoms with Crippen molar-refractivity contribution in [1.29, 1.82) is 0 Å². The van der Waals surface area contributed by atoms with Crippen LogP contribution in [0.15, 0.2) is 12.2 Å². The van der Waals surface area contributed by atoms with E-state index in [1.165, 1.54) is 0 Å². The van der Waals surface area contributed by atoms with E-state index in [4.69, 9.17) is 0 Å². The summed E-state index contributed by atoms with van der Waals surface area (Å²) in [5.74, 6) is 0.665. The molecule has 4 N–H and O–H groups in total. The Hall–Kier alpha value is -1.40. The lowest BCUT2D eigenvalue weighted by molar-refractivity contribution is -0.246. The molecule has 0 aliphatic heterocycles. The molecule has 0 saturated heterocycles. The van der Waals surface area contributed by atoms with Crippen molar-refractivity contribution in [2.75, 3.05) is 6.61 Å². The number of carboxylic acid groups (broad SMARTS) is 1.